The molecule has 8 aromatic rings. The number of hydrogen-bond acceptors (Lipinski definition) is 3. The summed E-state index contributed by atoms with van der Waals surface area (Å²) in [5, 5.41) is 13.6. The van der Waals surface area contributed by atoms with E-state index in [2.05, 4.69) is 60.7 Å². The van der Waals surface area contributed by atoms with Crippen LogP contribution in [0, 0.1) is 5.41 Å². The quantitative estimate of drug-likeness (QED) is 0.163. The Labute approximate surface area is 257 Å². The lowest BCUT2D eigenvalue weighted by atomic mass is 10.00. The summed E-state index contributed by atoms with van der Waals surface area (Å²) in [5.74, 6) is 0.556. The van der Waals surface area contributed by atoms with E-state index in [0.717, 1.165) is 33.0 Å². The van der Waals surface area contributed by atoms with Gasteiger partial charge in [0.05, 0.1) is 5.56 Å². The van der Waals surface area contributed by atoms with Crippen LogP contribution in [0.25, 0.3) is 53.2 Å². The van der Waals surface area contributed by atoms with E-state index in [4.69, 9.17) is 19.8 Å². The summed E-state index contributed by atoms with van der Waals surface area (Å²) < 4.78 is 8.97. The van der Waals surface area contributed by atoms with Crippen molar-refractivity contribution in [2.45, 2.75) is 0 Å². The van der Waals surface area contributed by atoms with Crippen molar-refractivity contribution >= 4 is 71.3 Å². The van der Waals surface area contributed by atoms with Gasteiger partial charge in [0, 0.05) is 42.7 Å². The number of benzene rings is 6. The van der Waals surface area contributed by atoms with Crippen molar-refractivity contribution in [2.24, 2.45) is 9.98 Å². The Morgan fingerprint density at radius 1 is 0.659 bits per heavy atom. The first kappa shape index (κ1) is 26.0. The fraction of sp³-hybridized carbons (Fsp3) is 0. The third-order valence-corrected chi connectivity index (χ3v) is 9.07. The second kappa shape index (κ2) is 10.9. The molecule has 6 aromatic carbocycles. The molecule has 0 spiro atoms. The predicted molar refractivity (Wildman–Crippen MR) is 186 cm³/mol. The summed E-state index contributed by atoms with van der Waals surface area (Å²) in [7, 11) is 0. The van der Waals surface area contributed by atoms with Gasteiger partial charge in [-0.2, -0.15) is 0 Å². The van der Waals surface area contributed by atoms with Crippen molar-refractivity contribution in [3.05, 3.63) is 156 Å². The highest BCUT2D eigenvalue weighted by atomic mass is 32.1. The van der Waals surface area contributed by atoms with Crippen LogP contribution in [-0.4, -0.2) is 17.9 Å². The Balaban J connectivity index is 1.23. The molecule has 0 atom stereocenters. The molecule has 0 aliphatic heterocycles. The molecule has 44 heavy (non-hydrogen) atoms. The van der Waals surface area contributed by atoms with Crippen molar-refractivity contribution in [2.75, 3.05) is 0 Å². The molecule has 2 heterocycles. The molecular formula is C39H25N3OS. The number of nitrogens with one attached hydrogen (secondary N) is 1. The number of furan rings is 1. The molecule has 0 amide bonds. The number of nitrogens with zero attached hydrogens (tertiary/aromatic N) is 2. The van der Waals surface area contributed by atoms with E-state index in [-0.39, 0.29) is 5.84 Å². The molecule has 0 fully saturated rings. The summed E-state index contributed by atoms with van der Waals surface area (Å²) in [4.78, 5) is 9.41. The summed E-state index contributed by atoms with van der Waals surface area (Å²) in [6.07, 6.45) is 1.78. The van der Waals surface area contributed by atoms with Crippen LogP contribution < -0.4 is 0 Å². The topological polar surface area (TPSA) is 61.7 Å². The van der Waals surface area contributed by atoms with Gasteiger partial charge in [-0.25, -0.2) is 9.98 Å². The number of rotatable bonds is 4. The third kappa shape index (κ3) is 4.60. The molecule has 5 heteroatoms. The van der Waals surface area contributed by atoms with Gasteiger partial charge in [-0.05, 0) is 41.0 Å². The maximum atomic E-state index is 9.05. The lowest BCUT2D eigenvalue weighted by Crippen LogP contribution is -2.04. The van der Waals surface area contributed by atoms with Gasteiger partial charge < -0.3 is 4.42 Å². The highest BCUT2D eigenvalue weighted by Crippen LogP contribution is 2.41. The lowest BCUT2D eigenvalue weighted by Gasteiger charge is -2.05. The first-order chi connectivity index (χ1) is 21.7. The number of fused-ring (bicyclic) bond motifs is 6. The summed E-state index contributed by atoms with van der Waals surface area (Å²) in [5.41, 5.74) is 6.19. The van der Waals surface area contributed by atoms with Crippen LogP contribution >= 0.6 is 11.3 Å². The minimum Gasteiger partial charge on any atom is -0.455 e. The Morgan fingerprint density at radius 3 is 2.25 bits per heavy atom. The fourth-order valence-electron chi connectivity index (χ4n) is 5.72. The fourth-order valence-corrected chi connectivity index (χ4v) is 6.96. The van der Waals surface area contributed by atoms with Crippen LogP contribution in [0.3, 0.4) is 0 Å². The van der Waals surface area contributed by atoms with Gasteiger partial charge >= 0.3 is 0 Å². The average molecular weight is 584 g/mol. The van der Waals surface area contributed by atoms with E-state index < -0.39 is 0 Å². The highest BCUT2D eigenvalue weighted by molar-refractivity contribution is 7.26. The second-order valence-corrected chi connectivity index (χ2v) is 11.6. The van der Waals surface area contributed by atoms with Crippen LogP contribution in [-0.2, 0) is 0 Å². The molecule has 8 rings (SSSR count). The van der Waals surface area contributed by atoms with Crippen molar-refractivity contribution in [1.29, 1.82) is 5.41 Å². The van der Waals surface area contributed by atoms with Crippen LogP contribution in [0.5, 0.6) is 0 Å². The molecule has 208 valence electrons. The predicted octanol–water partition coefficient (Wildman–Crippen LogP) is 10.5. The summed E-state index contributed by atoms with van der Waals surface area (Å²) in [6, 6.07) is 47.0. The van der Waals surface area contributed by atoms with Gasteiger partial charge in [0.1, 0.15) is 11.2 Å². The second-order valence-electron chi connectivity index (χ2n) is 10.6. The normalized spacial score (nSPS) is 12.2. The summed E-state index contributed by atoms with van der Waals surface area (Å²) >= 11 is 1.83. The van der Waals surface area contributed by atoms with E-state index >= 15 is 0 Å². The van der Waals surface area contributed by atoms with E-state index in [1.165, 1.54) is 25.7 Å². The number of amidine groups is 2. The largest absolute Gasteiger partial charge is 0.455 e. The number of hydrogen-bond donors (Lipinski definition) is 1. The van der Waals surface area contributed by atoms with E-state index in [0.29, 0.717) is 17.0 Å². The zero-order valence-corrected chi connectivity index (χ0v) is 24.4. The zero-order chi connectivity index (χ0) is 29.5. The Bertz CT molecular complexity index is 2400. The number of thiophene rings is 1. The van der Waals surface area contributed by atoms with Crippen molar-refractivity contribution in [3.8, 4) is 11.1 Å². The molecule has 0 unspecified atom stereocenters. The zero-order valence-electron chi connectivity index (χ0n) is 23.6. The first-order valence-electron chi connectivity index (χ1n) is 14.4. The van der Waals surface area contributed by atoms with Crippen molar-refractivity contribution < 1.29 is 4.42 Å². The number of para-hydroxylation sites is 1. The van der Waals surface area contributed by atoms with E-state index in [1.807, 2.05) is 90.2 Å². The molecular weight excluding hydrogens is 559 g/mol. The Morgan fingerprint density at radius 2 is 1.39 bits per heavy atom. The summed E-state index contributed by atoms with van der Waals surface area (Å²) in [6.45, 7) is 0. The van der Waals surface area contributed by atoms with Crippen LogP contribution in [0.2, 0.25) is 0 Å². The molecule has 0 radical (unpaired) electrons. The SMILES string of the molecule is N=C(N=C(N=Cc1ccccc1)c1ccccc1)c1cccc2c1oc1ccc(-c3cccc4c3sc3ccccc34)cc12. The van der Waals surface area contributed by atoms with Gasteiger partial charge in [-0.15, -0.1) is 11.3 Å². The molecule has 0 bridgehead atoms. The molecule has 1 N–H and O–H groups in total. The standard InChI is InChI=1S/C39H25N3OS/c40-38(42-39(26-13-5-2-6-14-26)41-24-25-11-3-1-4-12-25)32-19-10-17-30-33-23-27(21-22-34(33)43-36(30)32)28-16-9-18-31-29-15-7-8-20-35(29)44-37(28)31/h1-24,40H. The van der Waals surface area contributed by atoms with Crippen LogP contribution in [0.1, 0.15) is 16.7 Å². The molecule has 4 nitrogen and oxygen atoms in total. The van der Waals surface area contributed by atoms with E-state index in [1.54, 1.807) is 6.21 Å². The maximum Gasteiger partial charge on any atom is 0.161 e. The first-order valence-corrected chi connectivity index (χ1v) is 15.2. The Kier molecular flexibility index (Phi) is 6.43. The molecule has 0 aliphatic rings. The van der Waals surface area contributed by atoms with E-state index in [9.17, 15) is 0 Å². The van der Waals surface area contributed by atoms with Gasteiger partial charge in [-0.3, -0.25) is 5.41 Å². The Hall–Kier alpha value is -5.65. The van der Waals surface area contributed by atoms with Crippen molar-refractivity contribution in [3.63, 3.8) is 0 Å². The minimum absolute atomic E-state index is 0.0917. The molecule has 0 aliphatic carbocycles. The lowest BCUT2D eigenvalue weighted by molar-refractivity contribution is 0.668. The number of aliphatic imine (C=N–C) groups is 2. The maximum absolute atomic E-state index is 9.05. The third-order valence-electron chi connectivity index (χ3n) is 7.85. The van der Waals surface area contributed by atoms with Crippen LogP contribution in [0.4, 0.5) is 0 Å². The van der Waals surface area contributed by atoms with Gasteiger partial charge in [0.25, 0.3) is 0 Å². The smallest absolute Gasteiger partial charge is 0.161 e. The minimum atomic E-state index is 0.0917. The highest BCUT2D eigenvalue weighted by Gasteiger charge is 2.17. The monoisotopic (exact) mass is 583 g/mol. The molecule has 2 aromatic heterocycles. The van der Waals surface area contributed by atoms with Crippen molar-refractivity contribution in [1.82, 2.24) is 0 Å². The molecule has 0 saturated carbocycles. The average Bonchev–Trinajstić information content (AvgIpc) is 3.65. The molecule has 0 saturated heterocycles. The van der Waals surface area contributed by atoms with Gasteiger partial charge in [-0.1, -0.05) is 115 Å². The van der Waals surface area contributed by atoms with Gasteiger partial charge in [0.15, 0.2) is 11.7 Å². The van der Waals surface area contributed by atoms with Crippen LogP contribution in [0.15, 0.2) is 154 Å². The van der Waals surface area contributed by atoms with Gasteiger partial charge in [0.2, 0.25) is 0 Å².